The molecule has 2 aromatic rings. The van der Waals surface area contributed by atoms with Gasteiger partial charge in [-0.15, -0.1) is 0 Å². The van der Waals surface area contributed by atoms with Gasteiger partial charge in [0.05, 0.1) is 5.52 Å². The van der Waals surface area contributed by atoms with Crippen molar-refractivity contribution in [2.75, 3.05) is 0 Å². The van der Waals surface area contributed by atoms with E-state index < -0.39 is 0 Å². The fourth-order valence-electron chi connectivity index (χ4n) is 2.08. The van der Waals surface area contributed by atoms with E-state index in [2.05, 4.69) is 4.98 Å². The summed E-state index contributed by atoms with van der Waals surface area (Å²) in [6.45, 7) is 5.53. The molecule has 1 aromatic heterocycles. The Kier molecular flexibility index (Phi) is 2.54. The molecular weight excluding hydrogens is 205 g/mol. The summed E-state index contributed by atoms with van der Waals surface area (Å²) in [5, 5.41) is 0.594. The first kappa shape index (κ1) is 10.9. The minimum Gasteiger partial charge on any atom is -0.358 e. The number of aromatic nitrogens is 1. The Labute approximate surface area is 93.1 Å². The van der Waals surface area contributed by atoms with Crippen molar-refractivity contribution in [3.8, 4) is 0 Å². The molecule has 0 atom stereocenters. The van der Waals surface area contributed by atoms with Gasteiger partial charge in [-0.25, -0.2) is 4.39 Å². The zero-order valence-corrected chi connectivity index (χ0v) is 9.65. The quantitative estimate of drug-likeness (QED) is 0.786. The number of aromatic amines is 1. The van der Waals surface area contributed by atoms with Crippen molar-refractivity contribution >= 4 is 10.9 Å². The first-order valence-corrected chi connectivity index (χ1v) is 5.36. The first-order valence-electron chi connectivity index (χ1n) is 5.36. The summed E-state index contributed by atoms with van der Waals surface area (Å²) >= 11 is 0. The minimum atomic E-state index is -0.313. The fourth-order valence-corrected chi connectivity index (χ4v) is 2.08. The van der Waals surface area contributed by atoms with Gasteiger partial charge in [-0.2, -0.15) is 0 Å². The summed E-state index contributed by atoms with van der Waals surface area (Å²) in [6.07, 6.45) is 0.743. The molecule has 0 aliphatic rings. The number of fused-ring (bicyclic) bond motifs is 1. The minimum absolute atomic E-state index is 0.00287. The van der Waals surface area contributed by atoms with Crippen LogP contribution in [0.15, 0.2) is 16.9 Å². The van der Waals surface area contributed by atoms with Crippen molar-refractivity contribution in [3.05, 3.63) is 45.0 Å². The summed E-state index contributed by atoms with van der Waals surface area (Å²) in [6, 6.07) is 2.77. The molecule has 1 aromatic carbocycles. The van der Waals surface area contributed by atoms with Crippen LogP contribution in [0.3, 0.4) is 0 Å². The number of H-pyrrole nitrogens is 1. The molecule has 16 heavy (non-hydrogen) atoms. The SMILES string of the molecule is CCc1[nH]c2cc(F)cc(C)c2c(=O)c1C. The molecule has 2 rings (SSSR count). The number of rotatable bonds is 1. The Bertz CT molecular complexity index is 613. The van der Waals surface area contributed by atoms with Gasteiger partial charge in [0.1, 0.15) is 5.82 Å². The van der Waals surface area contributed by atoms with Crippen LogP contribution >= 0.6 is 0 Å². The van der Waals surface area contributed by atoms with Gasteiger partial charge in [0.15, 0.2) is 5.43 Å². The van der Waals surface area contributed by atoms with Crippen LogP contribution in [0, 0.1) is 19.7 Å². The van der Waals surface area contributed by atoms with Crippen LogP contribution in [0.5, 0.6) is 0 Å². The maximum absolute atomic E-state index is 13.2. The van der Waals surface area contributed by atoms with Gasteiger partial charge in [0.25, 0.3) is 0 Å². The molecule has 0 fully saturated rings. The molecule has 0 amide bonds. The third-order valence-corrected chi connectivity index (χ3v) is 2.96. The van der Waals surface area contributed by atoms with Crippen LogP contribution in [-0.2, 0) is 6.42 Å². The van der Waals surface area contributed by atoms with E-state index in [4.69, 9.17) is 0 Å². The third kappa shape index (κ3) is 1.52. The van der Waals surface area contributed by atoms with Crippen molar-refractivity contribution in [1.82, 2.24) is 4.98 Å². The van der Waals surface area contributed by atoms with Crippen LogP contribution in [0.2, 0.25) is 0 Å². The predicted molar refractivity (Wildman–Crippen MR) is 63.4 cm³/mol. The molecule has 0 radical (unpaired) electrons. The average Bonchev–Trinajstić information content (AvgIpc) is 2.22. The zero-order chi connectivity index (χ0) is 11.9. The molecule has 84 valence electrons. The smallest absolute Gasteiger partial charge is 0.192 e. The first-order chi connectivity index (χ1) is 7.54. The van der Waals surface area contributed by atoms with Gasteiger partial charge in [-0.05, 0) is 38.0 Å². The second kappa shape index (κ2) is 3.74. The van der Waals surface area contributed by atoms with Crippen LogP contribution in [-0.4, -0.2) is 4.98 Å². The highest BCUT2D eigenvalue weighted by Gasteiger charge is 2.10. The third-order valence-electron chi connectivity index (χ3n) is 2.96. The fraction of sp³-hybridized carbons (Fsp3) is 0.308. The molecule has 2 nitrogen and oxygen atoms in total. The zero-order valence-electron chi connectivity index (χ0n) is 9.65. The van der Waals surface area contributed by atoms with Crippen LogP contribution < -0.4 is 5.43 Å². The van der Waals surface area contributed by atoms with Crippen LogP contribution in [0.1, 0.15) is 23.7 Å². The second-order valence-corrected chi connectivity index (χ2v) is 4.06. The average molecular weight is 219 g/mol. The number of hydrogen-bond acceptors (Lipinski definition) is 1. The summed E-state index contributed by atoms with van der Waals surface area (Å²) in [4.78, 5) is 15.2. The van der Waals surface area contributed by atoms with Crippen molar-refractivity contribution in [1.29, 1.82) is 0 Å². The van der Waals surface area contributed by atoms with E-state index in [0.29, 0.717) is 16.5 Å². The summed E-state index contributed by atoms with van der Waals surface area (Å²) < 4.78 is 13.2. The van der Waals surface area contributed by atoms with Gasteiger partial charge in [-0.1, -0.05) is 6.92 Å². The lowest BCUT2D eigenvalue weighted by atomic mass is 10.0. The van der Waals surface area contributed by atoms with Crippen molar-refractivity contribution in [2.45, 2.75) is 27.2 Å². The molecule has 1 heterocycles. The Hall–Kier alpha value is -1.64. The molecule has 0 aliphatic heterocycles. The van der Waals surface area contributed by atoms with E-state index in [0.717, 1.165) is 17.7 Å². The Balaban J connectivity index is 2.99. The summed E-state index contributed by atoms with van der Waals surface area (Å²) in [7, 11) is 0. The van der Waals surface area contributed by atoms with E-state index in [9.17, 15) is 9.18 Å². The van der Waals surface area contributed by atoms with Gasteiger partial charge in [0.2, 0.25) is 0 Å². The van der Waals surface area contributed by atoms with Gasteiger partial charge in [0, 0.05) is 16.6 Å². The maximum Gasteiger partial charge on any atom is 0.192 e. The van der Waals surface area contributed by atoms with E-state index in [-0.39, 0.29) is 11.2 Å². The number of pyridine rings is 1. The Morgan fingerprint density at radius 1 is 1.31 bits per heavy atom. The molecular formula is C13H14FNO. The largest absolute Gasteiger partial charge is 0.358 e. The summed E-state index contributed by atoms with van der Waals surface area (Å²) in [5.74, 6) is -0.313. The van der Waals surface area contributed by atoms with Gasteiger partial charge >= 0.3 is 0 Å². The Morgan fingerprint density at radius 3 is 2.62 bits per heavy atom. The molecule has 0 unspecified atom stereocenters. The molecule has 3 heteroatoms. The number of aryl methyl sites for hydroxylation is 2. The van der Waals surface area contributed by atoms with E-state index in [1.54, 1.807) is 13.8 Å². The molecule has 0 saturated carbocycles. The lowest BCUT2D eigenvalue weighted by molar-refractivity contribution is 0.628. The maximum atomic E-state index is 13.2. The molecule has 0 aliphatic carbocycles. The van der Waals surface area contributed by atoms with Crippen molar-refractivity contribution in [2.24, 2.45) is 0 Å². The lowest BCUT2D eigenvalue weighted by Crippen LogP contribution is -2.12. The topological polar surface area (TPSA) is 32.9 Å². The summed E-state index contributed by atoms with van der Waals surface area (Å²) in [5.41, 5.74) is 2.88. The number of halogens is 1. The van der Waals surface area contributed by atoms with E-state index >= 15 is 0 Å². The lowest BCUT2D eigenvalue weighted by Gasteiger charge is -2.08. The molecule has 0 spiro atoms. The molecule has 1 N–H and O–H groups in total. The highest BCUT2D eigenvalue weighted by Crippen LogP contribution is 2.17. The van der Waals surface area contributed by atoms with Gasteiger partial charge in [-0.3, -0.25) is 4.79 Å². The van der Waals surface area contributed by atoms with Crippen LogP contribution in [0.25, 0.3) is 10.9 Å². The monoisotopic (exact) mass is 219 g/mol. The van der Waals surface area contributed by atoms with E-state index in [1.807, 2.05) is 6.92 Å². The van der Waals surface area contributed by atoms with Crippen molar-refractivity contribution in [3.63, 3.8) is 0 Å². The number of benzene rings is 1. The molecule has 0 bridgehead atoms. The highest BCUT2D eigenvalue weighted by atomic mass is 19.1. The Morgan fingerprint density at radius 2 is 2.00 bits per heavy atom. The normalized spacial score (nSPS) is 11.0. The van der Waals surface area contributed by atoms with E-state index in [1.165, 1.54) is 12.1 Å². The van der Waals surface area contributed by atoms with Crippen LogP contribution in [0.4, 0.5) is 4.39 Å². The standard InChI is InChI=1S/C13H14FNO/c1-4-10-8(3)13(16)12-7(2)5-9(14)6-11(12)15-10/h5-6H,4H2,1-3H3,(H,15,16). The second-order valence-electron chi connectivity index (χ2n) is 4.06. The van der Waals surface area contributed by atoms with Crippen molar-refractivity contribution < 1.29 is 4.39 Å². The number of hydrogen-bond donors (Lipinski definition) is 1. The number of nitrogens with one attached hydrogen (secondary N) is 1. The highest BCUT2D eigenvalue weighted by molar-refractivity contribution is 5.82. The molecule has 0 saturated heterocycles. The van der Waals surface area contributed by atoms with Gasteiger partial charge < -0.3 is 4.98 Å². The predicted octanol–water partition coefficient (Wildman–Crippen LogP) is 2.85.